The second kappa shape index (κ2) is 17.7. The predicted molar refractivity (Wildman–Crippen MR) is 203 cm³/mol. The van der Waals surface area contributed by atoms with Gasteiger partial charge >= 0.3 is 6.01 Å². The van der Waals surface area contributed by atoms with Gasteiger partial charge in [0.1, 0.15) is 29.0 Å². The summed E-state index contributed by atoms with van der Waals surface area (Å²) in [6, 6.07) is 8.53. The number of likely N-dealkylation sites (N-methyl/N-ethyl adjacent to an activating group) is 1. The van der Waals surface area contributed by atoms with Crippen molar-refractivity contribution in [2.45, 2.75) is 64.2 Å². The molecule has 8 rings (SSSR count). The van der Waals surface area contributed by atoms with E-state index >= 15 is 4.39 Å². The second-order valence-electron chi connectivity index (χ2n) is 13.3. The van der Waals surface area contributed by atoms with Crippen LogP contribution in [0.2, 0.25) is 5.02 Å². The van der Waals surface area contributed by atoms with E-state index in [2.05, 4.69) is 38.4 Å². The molecule has 4 aromatic rings. The Labute approximate surface area is 309 Å². The zero-order chi connectivity index (χ0) is 37.5. The minimum atomic E-state index is -0.703. The van der Waals surface area contributed by atoms with Crippen LogP contribution in [0.5, 0.6) is 6.01 Å². The summed E-state index contributed by atoms with van der Waals surface area (Å²) < 4.78 is 48.2. The molecule has 2 aromatic carbocycles. The molecule has 0 bridgehead atoms. The third-order valence-corrected chi connectivity index (χ3v) is 10.5. The molecular formula is C39H49ClF3N7O2. The van der Waals surface area contributed by atoms with Crippen LogP contribution in [-0.4, -0.2) is 114 Å². The summed E-state index contributed by atoms with van der Waals surface area (Å²) in [4.78, 5) is 33.3. The molecule has 0 aliphatic carbocycles. The Morgan fingerprint density at radius 1 is 1.06 bits per heavy atom. The van der Waals surface area contributed by atoms with Gasteiger partial charge in [-0.15, -0.1) is 0 Å². The topological polar surface area (TPSA) is 77.9 Å². The minimum absolute atomic E-state index is 0.00949. The van der Waals surface area contributed by atoms with Gasteiger partial charge in [-0.05, 0) is 76.3 Å². The van der Waals surface area contributed by atoms with Crippen molar-refractivity contribution in [1.29, 1.82) is 0 Å². The van der Waals surface area contributed by atoms with Crippen LogP contribution >= 0.6 is 11.6 Å². The molecule has 4 fully saturated rings. The average molecular weight is 740 g/mol. The lowest BCUT2D eigenvalue weighted by Crippen LogP contribution is -2.36. The molecule has 6 heterocycles. The molecule has 0 radical (unpaired) electrons. The fourth-order valence-electron chi connectivity index (χ4n) is 7.14. The monoisotopic (exact) mass is 739 g/mol. The van der Waals surface area contributed by atoms with E-state index in [-0.39, 0.29) is 34.2 Å². The largest absolute Gasteiger partial charge is 0.467 e. The lowest BCUT2D eigenvalue weighted by molar-refractivity contribution is -0.125. The van der Waals surface area contributed by atoms with E-state index in [0.29, 0.717) is 59.6 Å². The lowest BCUT2D eigenvalue weighted by Gasteiger charge is -2.27. The zero-order valence-corrected chi connectivity index (χ0v) is 31.5. The van der Waals surface area contributed by atoms with E-state index < -0.39 is 17.8 Å². The number of carbonyl (C=O) groups is 1. The maximum Gasteiger partial charge on any atom is 0.318 e. The number of hydrogen-bond donors (Lipinski definition) is 0. The van der Waals surface area contributed by atoms with E-state index in [0.717, 1.165) is 13.0 Å². The van der Waals surface area contributed by atoms with Gasteiger partial charge in [0.25, 0.3) is 0 Å². The van der Waals surface area contributed by atoms with E-state index in [1.165, 1.54) is 57.8 Å². The number of benzene rings is 2. The highest BCUT2D eigenvalue weighted by molar-refractivity contribution is 6.36. The molecule has 0 saturated carbocycles. The van der Waals surface area contributed by atoms with Crippen LogP contribution in [0, 0.1) is 11.6 Å². The average Bonchev–Trinajstić information content (AvgIpc) is 3.90. The molecule has 280 valence electrons. The van der Waals surface area contributed by atoms with Crippen LogP contribution in [-0.2, 0) is 4.79 Å². The number of halogens is 4. The van der Waals surface area contributed by atoms with Gasteiger partial charge in [-0.1, -0.05) is 56.3 Å². The van der Waals surface area contributed by atoms with Gasteiger partial charge in [-0.3, -0.25) is 14.7 Å². The molecule has 13 heteroatoms. The van der Waals surface area contributed by atoms with Gasteiger partial charge in [0.15, 0.2) is 5.82 Å². The summed E-state index contributed by atoms with van der Waals surface area (Å²) in [6.07, 6.45) is 7.71. The first kappa shape index (κ1) is 39.2. The summed E-state index contributed by atoms with van der Waals surface area (Å²) >= 11 is 6.27. The van der Waals surface area contributed by atoms with Crippen molar-refractivity contribution in [1.82, 2.24) is 29.7 Å². The van der Waals surface area contributed by atoms with Crippen molar-refractivity contribution >= 4 is 45.0 Å². The number of methoxy groups -OCH3 is 1. The number of rotatable bonds is 5. The minimum Gasteiger partial charge on any atom is -0.467 e. The molecule has 3 atom stereocenters. The van der Waals surface area contributed by atoms with Crippen LogP contribution in [0.1, 0.15) is 46.0 Å². The van der Waals surface area contributed by atoms with Crippen LogP contribution in [0.25, 0.3) is 32.9 Å². The number of fused-ring (bicyclic) bond motifs is 3. The Morgan fingerprint density at radius 2 is 1.81 bits per heavy atom. The van der Waals surface area contributed by atoms with E-state index in [9.17, 15) is 13.6 Å². The zero-order valence-electron chi connectivity index (χ0n) is 30.7. The fourth-order valence-corrected chi connectivity index (χ4v) is 7.41. The number of hydrogen-bond acceptors (Lipinski definition) is 8. The Hall–Kier alpha value is -4.00. The van der Waals surface area contributed by atoms with Crippen LogP contribution in [0.4, 0.5) is 19.0 Å². The summed E-state index contributed by atoms with van der Waals surface area (Å²) in [5.74, 6) is -1.02. The van der Waals surface area contributed by atoms with Gasteiger partial charge in [-0.25, -0.2) is 13.2 Å². The SMILES string of the molecule is C=CC(=O)N1CCC(N(C)c2nc(OC)nc3c(F)c(-c4cccc5ccc(F)c(Cl)c45)ncc23)C1.CC.CN1CCC1.FC1CC2CCCN2C1. The summed E-state index contributed by atoms with van der Waals surface area (Å²) in [6.45, 7) is 13.1. The predicted octanol–water partition coefficient (Wildman–Crippen LogP) is 7.55. The van der Waals surface area contributed by atoms with Crippen LogP contribution in [0.15, 0.2) is 49.2 Å². The van der Waals surface area contributed by atoms with Gasteiger partial charge in [0, 0.05) is 55.9 Å². The number of nitrogens with zero attached hydrogens (tertiary/aromatic N) is 7. The molecule has 0 spiro atoms. The third kappa shape index (κ3) is 8.45. The summed E-state index contributed by atoms with van der Waals surface area (Å²) in [7, 11) is 5.37. The molecule has 2 aromatic heterocycles. The quantitative estimate of drug-likeness (QED) is 0.194. The molecule has 3 unspecified atom stereocenters. The highest BCUT2D eigenvalue weighted by Crippen LogP contribution is 2.38. The van der Waals surface area contributed by atoms with E-state index in [1.807, 2.05) is 25.8 Å². The number of ether oxygens (including phenoxy) is 1. The molecule has 4 aliphatic rings. The highest BCUT2D eigenvalue weighted by atomic mass is 35.5. The van der Waals surface area contributed by atoms with Gasteiger partial charge in [-0.2, -0.15) is 9.97 Å². The van der Waals surface area contributed by atoms with Crippen molar-refractivity contribution in [3.8, 4) is 17.3 Å². The Morgan fingerprint density at radius 3 is 2.46 bits per heavy atom. The molecule has 4 aliphatic heterocycles. The van der Waals surface area contributed by atoms with E-state index in [1.54, 1.807) is 29.2 Å². The number of alkyl halides is 1. The van der Waals surface area contributed by atoms with Gasteiger partial charge in [0.2, 0.25) is 5.91 Å². The van der Waals surface area contributed by atoms with Gasteiger partial charge < -0.3 is 19.4 Å². The smallest absolute Gasteiger partial charge is 0.318 e. The van der Waals surface area contributed by atoms with Crippen LogP contribution < -0.4 is 9.64 Å². The maximum atomic E-state index is 16.0. The van der Waals surface area contributed by atoms with Gasteiger partial charge in [0.05, 0.1) is 17.5 Å². The van der Waals surface area contributed by atoms with E-state index in [4.69, 9.17) is 16.3 Å². The molecule has 52 heavy (non-hydrogen) atoms. The number of amides is 1. The molecular weight excluding hydrogens is 691 g/mol. The number of anilines is 1. The summed E-state index contributed by atoms with van der Waals surface area (Å²) in [5, 5.41) is 1.29. The standard InChI is InChI=1S/C26H22ClF2N5O2.C7H12FN.C4H9N.C2H6/c1-4-19(35)34-11-10-15(13-34)33(2)25-17-12-30-23(22(29)24(17)31-26(32-25)36-3)16-7-5-6-14-8-9-18(28)21(27)20(14)16;8-6-4-7-2-1-3-9(7)5-6;1-5-3-2-4-5;1-2/h4-9,12,15H,1,10-11,13H2,2-3H3;6-7H,1-5H2;2-4H2,1H3;1-2H3. The molecule has 9 nitrogen and oxygen atoms in total. The highest BCUT2D eigenvalue weighted by Gasteiger charge is 2.35. The number of pyridine rings is 1. The van der Waals surface area contributed by atoms with Crippen molar-refractivity contribution in [3.05, 3.63) is 65.8 Å². The maximum absolute atomic E-state index is 16.0. The summed E-state index contributed by atoms with van der Waals surface area (Å²) in [5.41, 5.74) is 0.340. The fraction of sp³-hybridized carbons (Fsp3) is 0.487. The van der Waals surface area contributed by atoms with Crippen molar-refractivity contribution < 1.29 is 22.7 Å². The first-order valence-corrected chi connectivity index (χ1v) is 18.5. The second-order valence-corrected chi connectivity index (χ2v) is 13.7. The molecule has 4 saturated heterocycles. The first-order valence-electron chi connectivity index (χ1n) is 18.1. The van der Waals surface area contributed by atoms with Crippen molar-refractivity contribution in [2.24, 2.45) is 0 Å². The van der Waals surface area contributed by atoms with Crippen molar-refractivity contribution in [3.63, 3.8) is 0 Å². The third-order valence-electron chi connectivity index (χ3n) is 10.1. The Balaban J connectivity index is 0.000000267. The molecule has 0 N–H and O–H groups in total. The Kier molecular flexibility index (Phi) is 13.3. The lowest BCUT2D eigenvalue weighted by atomic mass is 10.0. The number of likely N-dealkylation sites (tertiary alicyclic amines) is 2. The Bertz CT molecular complexity index is 1870. The number of carbonyl (C=O) groups excluding carboxylic acids is 1. The normalized spacial score (nSPS) is 20.9. The van der Waals surface area contributed by atoms with Crippen LogP contribution in [0.3, 0.4) is 0 Å². The number of aromatic nitrogens is 3. The first-order chi connectivity index (χ1) is 25.1. The molecule has 1 amide bonds. The van der Waals surface area contributed by atoms with Crippen molar-refractivity contribution in [2.75, 3.05) is 65.4 Å².